The van der Waals surface area contributed by atoms with Crippen molar-refractivity contribution in [3.8, 4) is 0 Å². The molecule has 1 aromatic rings. The third-order valence-electron chi connectivity index (χ3n) is 4.52. The van der Waals surface area contributed by atoms with Crippen molar-refractivity contribution in [2.24, 2.45) is 11.8 Å². The van der Waals surface area contributed by atoms with Crippen molar-refractivity contribution in [1.29, 1.82) is 0 Å². The van der Waals surface area contributed by atoms with Crippen molar-refractivity contribution in [2.45, 2.75) is 38.1 Å². The standard InChI is InChI=1S/C14H17ClN2O2/c15-11-6-9(7-16-14(11)19)13(18)17-12-5-4-8-2-1-3-10(8)12/h6-8,10,12H,1-5H2,(H,16,19)(H,17,18)/t8-,10-,12-/m0/s1. The summed E-state index contributed by atoms with van der Waals surface area (Å²) in [5.74, 6) is 1.29. The van der Waals surface area contributed by atoms with Gasteiger partial charge >= 0.3 is 0 Å². The zero-order valence-corrected chi connectivity index (χ0v) is 11.4. The van der Waals surface area contributed by atoms with Gasteiger partial charge in [0, 0.05) is 12.2 Å². The van der Waals surface area contributed by atoms with E-state index in [0.717, 1.165) is 12.3 Å². The molecule has 0 radical (unpaired) electrons. The first-order valence-electron chi connectivity index (χ1n) is 6.84. The smallest absolute Gasteiger partial charge is 0.266 e. The summed E-state index contributed by atoms with van der Waals surface area (Å²) >= 11 is 5.74. The van der Waals surface area contributed by atoms with Crippen LogP contribution in [0, 0.1) is 11.8 Å². The van der Waals surface area contributed by atoms with E-state index in [4.69, 9.17) is 11.6 Å². The first kappa shape index (κ1) is 12.7. The number of carbonyl (C=O) groups is 1. The van der Waals surface area contributed by atoms with Crippen LogP contribution in [-0.2, 0) is 0 Å². The Bertz CT molecular complexity index is 555. The number of fused-ring (bicyclic) bond motifs is 1. The van der Waals surface area contributed by atoms with Gasteiger partial charge in [-0.1, -0.05) is 24.4 Å². The minimum atomic E-state index is -0.366. The second-order valence-electron chi connectivity index (χ2n) is 5.58. The molecule has 1 heterocycles. The number of nitrogens with one attached hydrogen (secondary N) is 2. The number of rotatable bonds is 2. The maximum absolute atomic E-state index is 12.2. The van der Waals surface area contributed by atoms with Gasteiger partial charge in [-0.15, -0.1) is 0 Å². The summed E-state index contributed by atoms with van der Waals surface area (Å²) in [7, 11) is 0. The molecule has 1 aromatic heterocycles. The number of pyridine rings is 1. The molecular weight excluding hydrogens is 264 g/mol. The Kier molecular flexibility index (Phi) is 3.35. The van der Waals surface area contributed by atoms with E-state index in [1.54, 1.807) is 0 Å². The summed E-state index contributed by atoms with van der Waals surface area (Å²) in [6.07, 6.45) is 7.53. The molecular formula is C14H17ClN2O2. The van der Waals surface area contributed by atoms with Gasteiger partial charge in [0.25, 0.3) is 11.5 Å². The lowest BCUT2D eigenvalue weighted by atomic mass is 9.97. The molecule has 3 atom stereocenters. The van der Waals surface area contributed by atoms with E-state index in [2.05, 4.69) is 10.3 Å². The second-order valence-corrected chi connectivity index (χ2v) is 5.98. The van der Waals surface area contributed by atoms with Crippen molar-refractivity contribution in [3.63, 3.8) is 0 Å². The van der Waals surface area contributed by atoms with E-state index in [1.807, 2.05) is 0 Å². The maximum Gasteiger partial charge on any atom is 0.266 e. The first-order chi connectivity index (χ1) is 9.15. The van der Waals surface area contributed by atoms with Gasteiger partial charge < -0.3 is 10.3 Å². The van der Waals surface area contributed by atoms with Crippen LogP contribution in [0.2, 0.25) is 5.02 Å². The van der Waals surface area contributed by atoms with E-state index >= 15 is 0 Å². The Hall–Kier alpha value is -1.29. The highest BCUT2D eigenvalue weighted by Crippen LogP contribution is 2.43. The quantitative estimate of drug-likeness (QED) is 0.873. The minimum absolute atomic E-state index is 0.0535. The average Bonchev–Trinajstić information content (AvgIpc) is 2.97. The summed E-state index contributed by atoms with van der Waals surface area (Å²) in [5.41, 5.74) is 0.0565. The molecule has 3 rings (SSSR count). The van der Waals surface area contributed by atoms with Gasteiger partial charge in [-0.25, -0.2) is 0 Å². The van der Waals surface area contributed by atoms with Crippen molar-refractivity contribution in [3.05, 3.63) is 33.2 Å². The lowest BCUT2D eigenvalue weighted by Gasteiger charge is -2.20. The van der Waals surface area contributed by atoms with Crippen LogP contribution in [0.25, 0.3) is 0 Å². The number of carbonyl (C=O) groups excluding carboxylic acids is 1. The third-order valence-corrected chi connectivity index (χ3v) is 4.80. The molecule has 2 fully saturated rings. The normalized spacial score (nSPS) is 29.2. The molecule has 0 aliphatic heterocycles. The summed E-state index contributed by atoms with van der Waals surface area (Å²) in [4.78, 5) is 25.8. The van der Waals surface area contributed by atoms with Crippen LogP contribution in [0.5, 0.6) is 0 Å². The number of hydrogen-bond acceptors (Lipinski definition) is 2. The zero-order chi connectivity index (χ0) is 13.4. The highest BCUT2D eigenvalue weighted by molar-refractivity contribution is 6.30. The molecule has 2 aliphatic rings. The van der Waals surface area contributed by atoms with Gasteiger partial charge in [-0.05, 0) is 37.2 Å². The maximum atomic E-state index is 12.2. The third kappa shape index (κ3) is 2.41. The summed E-state index contributed by atoms with van der Waals surface area (Å²) in [5, 5.41) is 3.15. The average molecular weight is 281 g/mol. The van der Waals surface area contributed by atoms with Gasteiger partial charge in [-0.2, -0.15) is 0 Å². The molecule has 102 valence electrons. The molecule has 0 saturated heterocycles. The largest absolute Gasteiger partial charge is 0.349 e. The van der Waals surface area contributed by atoms with Crippen molar-refractivity contribution in [1.82, 2.24) is 10.3 Å². The fraction of sp³-hybridized carbons (Fsp3) is 0.571. The topological polar surface area (TPSA) is 62.0 Å². The second kappa shape index (κ2) is 5.00. The van der Waals surface area contributed by atoms with Crippen LogP contribution in [0.3, 0.4) is 0 Å². The van der Waals surface area contributed by atoms with Gasteiger partial charge in [0.1, 0.15) is 5.02 Å². The number of amides is 1. The minimum Gasteiger partial charge on any atom is -0.349 e. The molecule has 2 aliphatic carbocycles. The van der Waals surface area contributed by atoms with E-state index in [-0.39, 0.29) is 22.5 Å². The molecule has 0 spiro atoms. The number of halogens is 1. The van der Waals surface area contributed by atoms with Crippen LogP contribution >= 0.6 is 11.6 Å². The van der Waals surface area contributed by atoms with Gasteiger partial charge in [-0.3, -0.25) is 9.59 Å². The Morgan fingerprint density at radius 3 is 2.95 bits per heavy atom. The lowest BCUT2D eigenvalue weighted by Crippen LogP contribution is -2.37. The van der Waals surface area contributed by atoms with Crippen molar-refractivity contribution >= 4 is 17.5 Å². The van der Waals surface area contributed by atoms with Crippen LogP contribution in [0.1, 0.15) is 42.5 Å². The summed E-state index contributed by atoms with van der Waals surface area (Å²) in [6, 6.07) is 1.71. The Balaban J connectivity index is 1.71. The van der Waals surface area contributed by atoms with Crippen LogP contribution in [0.15, 0.2) is 17.1 Å². The Morgan fingerprint density at radius 2 is 2.16 bits per heavy atom. The monoisotopic (exact) mass is 280 g/mol. The number of H-pyrrole nitrogens is 1. The SMILES string of the molecule is O=C(N[C@H]1CC[C@@H]2CCC[C@@H]21)c1c[nH]c(=O)c(Cl)c1. The van der Waals surface area contributed by atoms with E-state index < -0.39 is 0 Å². The summed E-state index contributed by atoms with van der Waals surface area (Å²) in [6.45, 7) is 0. The highest BCUT2D eigenvalue weighted by atomic mass is 35.5. The fourth-order valence-electron chi connectivity index (χ4n) is 3.58. The number of hydrogen-bond donors (Lipinski definition) is 2. The van der Waals surface area contributed by atoms with Gasteiger partial charge in [0.15, 0.2) is 0 Å². The first-order valence-corrected chi connectivity index (χ1v) is 7.22. The Labute approximate surface area is 116 Å². The fourth-order valence-corrected chi connectivity index (χ4v) is 3.75. The molecule has 5 heteroatoms. The van der Waals surface area contributed by atoms with Crippen LogP contribution < -0.4 is 10.9 Å². The summed E-state index contributed by atoms with van der Waals surface area (Å²) < 4.78 is 0. The molecule has 0 aromatic carbocycles. The van der Waals surface area contributed by atoms with Crippen molar-refractivity contribution in [2.75, 3.05) is 0 Å². The predicted octanol–water partition coefficient (Wildman–Crippen LogP) is 2.34. The molecule has 1 amide bonds. The molecule has 2 saturated carbocycles. The van der Waals surface area contributed by atoms with Gasteiger partial charge in [0.2, 0.25) is 0 Å². The number of aromatic amines is 1. The molecule has 4 nitrogen and oxygen atoms in total. The molecule has 19 heavy (non-hydrogen) atoms. The lowest BCUT2D eigenvalue weighted by molar-refractivity contribution is 0.0926. The van der Waals surface area contributed by atoms with E-state index in [0.29, 0.717) is 11.5 Å². The predicted molar refractivity (Wildman–Crippen MR) is 73.4 cm³/mol. The van der Waals surface area contributed by atoms with Gasteiger partial charge in [0.05, 0.1) is 5.56 Å². The van der Waals surface area contributed by atoms with Crippen LogP contribution in [-0.4, -0.2) is 16.9 Å². The molecule has 0 unspecified atom stereocenters. The Morgan fingerprint density at radius 1 is 1.32 bits per heavy atom. The number of aromatic nitrogens is 1. The molecule has 2 N–H and O–H groups in total. The van der Waals surface area contributed by atoms with Crippen LogP contribution in [0.4, 0.5) is 0 Å². The van der Waals surface area contributed by atoms with Crippen molar-refractivity contribution < 1.29 is 4.79 Å². The van der Waals surface area contributed by atoms with E-state index in [9.17, 15) is 9.59 Å². The molecule has 0 bridgehead atoms. The van der Waals surface area contributed by atoms with E-state index in [1.165, 1.54) is 37.9 Å². The highest BCUT2D eigenvalue weighted by Gasteiger charge is 2.39. The zero-order valence-electron chi connectivity index (χ0n) is 10.6.